The third-order valence-corrected chi connectivity index (χ3v) is 3.77. The summed E-state index contributed by atoms with van der Waals surface area (Å²) in [5.41, 5.74) is 1.04. The standard InChI is InChI=1S/C15H23N3O2/c1-17(2)15(19)14-10-18(8-12(14)11-20-3)9-13-6-4-5-7-16-13/h4-7,12,14H,8-11H2,1-3H3/t12-,14+/m0/s1. The smallest absolute Gasteiger partial charge is 0.226 e. The van der Waals surface area contributed by atoms with Crippen LogP contribution < -0.4 is 0 Å². The van der Waals surface area contributed by atoms with Gasteiger partial charge in [0.25, 0.3) is 0 Å². The van der Waals surface area contributed by atoms with E-state index in [-0.39, 0.29) is 17.7 Å². The van der Waals surface area contributed by atoms with Crippen molar-refractivity contribution in [3.05, 3.63) is 30.1 Å². The highest BCUT2D eigenvalue weighted by atomic mass is 16.5. The van der Waals surface area contributed by atoms with Crippen LogP contribution in [0.15, 0.2) is 24.4 Å². The van der Waals surface area contributed by atoms with E-state index in [4.69, 9.17) is 4.74 Å². The molecule has 0 saturated carbocycles. The zero-order valence-electron chi connectivity index (χ0n) is 12.5. The molecule has 110 valence electrons. The van der Waals surface area contributed by atoms with E-state index >= 15 is 0 Å². The molecule has 0 aromatic carbocycles. The fourth-order valence-electron chi connectivity index (χ4n) is 2.80. The van der Waals surface area contributed by atoms with Crippen LogP contribution in [0.1, 0.15) is 5.69 Å². The first kappa shape index (κ1) is 14.9. The van der Waals surface area contributed by atoms with Crippen molar-refractivity contribution in [1.82, 2.24) is 14.8 Å². The lowest BCUT2D eigenvalue weighted by Gasteiger charge is -2.20. The van der Waals surface area contributed by atoms with Crippen molar-refractivity contribution in [2.75, 3.05) is 40.9 Å². The summed E-state index contributed by atoms with van der Waals surface area (Å²) in [5, 5.41) is 0. The number of ether oxygens (including phenoxy) is 1. The summed E-state index contributed by atoms with van der Waals surface area (Å²) in [6, 6.07) is 5.93. The largest absolute Gasteiger partial charge is 0.384 e. The molecule has 20 heavy (non-hydrogen) atoms. The molecule has 2 heterocycles. The van der Waals surface area contributed by atoms with Gasteiger partial charge in [0.05, 0.1) is 18.2 Å². The highest BCUT2D eigenvalue weighted by molar-refractivity contribution is 5.79. The lowest BCUT2D eigenvalue weighted by Crippen LogP contribution is -2.35. The molecule has 0 unspecified atom stereocenters. The molecule has 2 atom stereocenters. The van der Waals surface area contributed by atoms with Gasteiger partial charge in [-0.05, 0) is 12.1 Å². The van der Waals surface area contributed by atoms with Gasteiger partial charge < -0.3 is 9.64 Å². The van der Waals surface area contributed by atoms with Crippen LogP contribution in [-0.4, -0.2) is 61.6 Å². The first-order valence-corrected chi connectivity index (χ1v) is 6.94. The second kappa shape index (κ2) is 6.81. The van der Waals surface area contributed by atoms with Crippen LogP contribution >= 0.6 is 0 Å². The van der Waals surface area contributed by atoms with Crippen molar-refractivity contribution < 1.29 is 9.53 Å². The topological polar surface area (TPSA) is 45.7 Å². The molecular weight excluding hydrogens is 254 g/mol. The normalized spacial score (nSPS) is 22.9. The van der Waals surface area contributed by atoms with Crippen molar-refractivity contribution in [3.8, 4) is 0 Å². The monoisotopic (exact) mass is 277 g/mol. The molecular formula is C15H23N3O2. The van der Waals surface area contributed by atoms with Gasteiger partial charge in [0.1, 0.15) is 0 Å². The Morgan fingerprint density at radius 3 is 2.85 bits per heavy atom. The van der Waals surface area contributed by atoms with Gasteiger partial charge in [-0.15, -0.1) is 0 Å². The van der Waals surface area contributed by atoms with Crippen molar-refractivity contribution in [1.29, 1.82) is 0 Å². The highest BCUT2D eigenvalue weighted by Gasteiger charge is 2.38. The van der Waals surface area contributed by atoms with Crippen LogP contribution in [0.2, 0.25) is 0 Å². The summed E-state index contributed by atoms with van der Waals surface area (Å²) < 4.78 is 5.27. The molecule has 1 aromatic heterocycles. The lowest BCUT2D eigenvalue weighted by atomic mass is 9.96. The molecule has 1 fully saturated rings. The van der Waals surface area contributed by atoms with Crippen molar-refractivity contribution in [2.45, 2.75) is 6.54 Å². The molecule has 2 rings (SSSR count). The summed E-state index contributed by atoms with van der Waals surface area (Å²) in [7, 11) is 5.32. The van der Waals surface area contributed by atoms with Crippen LogP contribution in [0.3, 0.4) is 0 Å². The van der Waals surface area contributed by atoms with Crippen LogP contribution in [0.25, 0.3) is 0 Å². The predicted octanol–water partition coefficient (Wildman–Crippen LogP) is 0.864. The predicted molar refractivity (Wildman–Crippen MR) is 77.1 cm³/mol. The maximum Gasteiger partial charge on any atom is 0.226 e. The van der Waals surface area contributed by atoms with Gasteiger partial charge in [0.15, 0.2) is 0 Å². The Hall–Kier alpha value is -1.46. The number of rotatable bonds is 5. The first-order valence-electron chi connectivity index (χ1n) is 6.94. The van der Waals surface area contributed by atoms with Gasteiger partial charge >= 0.3 is 0 Å². The Balaban J connectivity index is 2.02. The van der Waals surface area contributed by atoms with E-state index in [1.807, 2.05) is 32.3 Å². The molecule has 5 nitrogen and oxygen atoms in total. The van der Waals surface area contributed by atoms with E-state index in [0.29, 0.717) is 6.61 Å². The van der Waals surface area contributed by atoms with Crippen LogP contribution in [-0.2, 0) is 16.1 Å². The molecule has 1 saturated heterocycles. The van der Waals surface area contributed by atoms with Crippen LogP contribution in [0.5, 0.6) is 0 Å². The van der Waals surface area contributed by atoms with Crippen molar-refractivity contribution in [3.63, 3.8) is 0 Å². The summed E-state index contributed by atoms with van der Waals surface area (Å²) >= 11 is 0. The van der Waals surface area contributed by atoms with Gasteiger partial charge in [-0.25, -0.2) is 0 Å². The van der Waals surface area contributed by atoms with Crippen LogP contribution in [0, 0.1) is 11.8 Å². The maximum atomic E-state index is 12.3. The Bertz CT molecular complexity index is 436. The molecule has 5 heteroatoms. The summed E-state index contributed by atoms with van der Waals surface area (Å²) in [4.78, 5) is 20.6. The minimum atomic E-state index is 0.0219. The average molecular weight is 277 g/mol. The van der Waals surface area contributed by atoms with Crippen molar-refractivity contribution >= 4 is 5.91 Å². The minimum absolute atomic E-state index is 0.0219. The van der Waals surface area contributed by atoms with E-state index in [0.717, 1.165) is 25.3 Å². The number of amides is 1. The zero-order valence-corrected chi connectivity index (χ0v) is 12.5. The number of carbonyl (C=O) groups is 1. The van der Waals surface area contributed by atoms with Gasteiger partial charge in [-0.3, -0.25) is 14.7 Å². The average Bonchev–Trinajstić information content (AvgIpc) is 2.82. The Morgan fingerprint density at radius 2 is 2.25 bits per heavy atom. The van der Waals surface area contributed by atoms with E-state index in [1.165, 1.54) is 0 Å². The number of nitrogens with zero attached hydrogens (tertiary/aromatic N) is 3. The minimum Gasteiger partial charge on any atom is -0.384 e. The number of aromatic nitrogens is 1. The second-order valence-corrected chi connectivity index (χ2v) is 5.57. The molecule has 0 aliphatic carbocycles. The number of hydrogen-bond donors (Lipinski definition) is 0. The lowest BCUT2D eigenvalue weighted by molar-refractivity contribution is -0.134. The number of hydrogen-bond acceptors (Lipinski definition) is 4. The quantitative estimate of drug-likeness (QED) is 0.801. The van der Waals surface area contributed by atoms with Gasteiger partial charge in [0.2, 0.25) is 5.91 Å². The molecule has 1 aliphatic heterocycles. The first-order chi connectivity index (χ1) is 9.61. The van der Waals surface area contributed by atoms with Gasteiger partial charge in [0, 0.05) is 53.0 Å². The second-order valence-electron chi connectivity index (χ2n) is 5.57. The highest BCUT2D eigenvalue weighted by Crippen LogP contribution is 2.26. The zero-order chi connectivity index (χ0) is 14.5. The molecule has 1 aromatic rings. The molecule has 0 bridgehead atoms. The maximum absolute atomic E-state index is 12.3. The van der Waals surface area contributed by atoms with Gasteiger partial charge in [-0.1, -0.05) is 6.07 Å². The molecule has 0 spiro atoms. The SMILES string of the molecule is COC[C@@H]1CN(Cc2ccccn2)C[C@H]1C(=O)N(C)C. The Labute approximate surface area is 120 Å². The molecule has 0 N–H and O–H groups in total. The van der Waals surface area contributed by atoms with E-state index in [1.54, 1.807) is 18.2 Å². The molecule has 0 radical (unpaired) electrons. The number of carbonyl (C=O) groups excluding carboxylic acids is 1. The number of pyridine rings is 1. The Morgan fingerprint density at radius 1 is 1.45 bits per heavy atom. The van der Waals surface area contributed by atoms with Crippen molar-refractivity contribution in [2.24, 2.45) is 11.8 Å². The number of methoxy groups -OCH3 is 1. The van der Waals surface area contributed by atoms with E-state index in [9.17, 15) is 4.79 Å². The fraction of sp³-hybridized carbons (Fsp3) is 0.600. The van der Waals surface area contributed by atoms with Gasteiger partial charge in [-0.2, -0.15) is 0 Å². The fourth-order valence-corrected chi connectivity index (χ4v) is 2.80. The Kier molecular flexibility index (Phi) is 5.09. The van der Waals surface area contributed by atoms with E-state index < -0.39 is 0 Å². The van der Waals surface area contributed by atoms with Crippen LogP contribution in [0.4, 0.5) is 0 Å². The number of likely N-dealkylation sites (tertiary alicyclic amines) is 1. The molecule has 1 aliphatic rings. The third kappa shape index (κ3) is 3.55. The molecule has 1 amide bonds. The third-order valence-electron chi connectivity index (χ3n) is 3.77. The summed E-state index contributed by atoms with van der Waals surface area (Å²) in [6.45, 7) is 3.08. The summed E-state index contributed by atoms with van der Waals surface area (Å²) in [5.74, 6) is 0.475. The van der Waals surface area contributed by atoms with E-state index in [2.05, 4.69) is 9.88 Å². The summed E-state index contributed by atoms with van der Waals surface area (Å²) in [6.07, 6.45) is 1.81.